The van der Waals surface area contributed by atoms with Crippen molar-refractivity contribution in [2.24, 2.45) is 0 Å². The van der Waals surface area contributed by atoms with E-state index in [-0.39, 0.29) is 5.69 Å². The highest BCUT2D eigenvalue weighted by Crippen LogP contribution is 2.18. The molecule has 0 aromatic heterocycles. The molecule has 18 heavy (non-hydrogen) atoms. The molecular formula is C15H14FNO. The molecule has 0 aliphatic carbocycles. The molecular weight excluding hydrogens is 229 g/mol. The van der Waals surface area contributed by atoms with Crippen LogP contribution in [0.25, 0.3) is 0 Å². The van der Waals surface area contributed by atoms with Crippen molar-refractivity contribution in [3.63, 3.8) is 0 Å². The third kappa shape index (κ3) is 2.74. The number of rotatable bonds is 3. The Bertz CT molecular complexity index is 564. The summed E-state index contributed by atoms with van der Waals surface area (Å²) in [5.41, 5.74) is 1.66. The summed E-state index contributed by atoms with van der Waals surface area (Å²) >= 11 is 0. The van der Waals surface area contributed by atoms with Gasteiger partial charge in [0.15, 0.2) is 12.0 Å². The minimum atomic E-state index is -0.489. The molecule has 0 heterocycles. The van der Waals surface area contributed by atoms with Crippen LogP contribution in [-0.2, 0) is 6.42 Å². The van der Waals surface area contributed by atoms with Crippen molar-refractivity contribution in [2.75, 3.05) is 0 Å². The summed E-state index contributed by atoms with van der Waals surface area (Å²) in [6.45, 7) is 1.94. The summed E-state index contributed by atoms with van der Waals surface area (Å²) in [6, 6.07) is 13.8. The van der Waals surface area contributed by atoms with Gasteiger partial charge < -0.3 is 5.21 Å². The quantitative estimate of drug-likeness (QED) is 0.350. The van der Waals surface area contributed by atoms with Crippen LogP contribution in [0.3, 0.4) is 0 Å². The van der Waals surface area contributed by atoms with Crippen LogP contribution in [0.15, 0.2) is 48.5 Å². The molecule has 0 N–H and O–H groups in total. The highest BCUT2D eigenvalue weighted by Gasteiger charge is 2.10. The molecule has 0 unspecified atom stereocenters. The first-order chi connectivity index (χ1) is 8.70. The fourth-order valence-electron chi connectivity index (χ4n) is 1.69. The average molecular weight is 243 g/mol. The zero-order chi connectivity index (χ0) is 13.0. The minimum Gasteiger partial charge on any atom is -0.618 e. The second kappa shape index (κ2) is 5.45. The van der Waals surface area contributed by atoms with E-state index < -0.39 is 5.82 Å². The molecule has 92 valence electrons. The summed E-state index contributed by atoms with van der Waals surface area (Å²) < 4.78 is 14.3. The molecule has 2 nitrogen and oxygen atoms in total. The molecule has 0 bridgehead atoms. The Hall–Kier alpha value is -2.16. The molecule has 2 rings (SSSR count). The molecule has 2 aromatic carbocycles. The highest BCUT2D eigenvalue weighted by atomic mass is 19.1. The molecule has 0 saturated carbocycles. The van der Waals surface area contributed by atoms with Crippen molar-refractivity contribution >= 4 is 11.9 Å². The van der Waals surface area contributed by atoms with Crippen LogP contribution in [-0.4, -0.2) is 11.0 Å². The van der Waals surface area contributed by atoms with Crippen LogP contribution in [0.5, 0.6) is 0 Å². The van der Waals surface area contributed by atoms with Gasteiger partial charge >= 0.3 is 0 Å². The van der Waals surface area contributed by atoms with Crippen molar-refractivity contribution in [1.29, 1.82) is 0 Å². The first-order valence-corrected chi connectivity index (χ1v) is 5.85. The van der Waals surface area contributed by atoms with Crippen LogP contribution >= 0.6 is 0 Å². The monoisotopic (exact) mass is 243 g/mol. The van der Waals surface area contributed by atoms with Crippen molar-refractivity contribution in [1.82, 2.24) is 0 Å². The van der Waals surface area contributed by atoms with Gasteiger partial charge in [0.1, 0.15) is 0 Å². The number of halogens is 1. The Morgan fingerprint density at radius 2 is 1.89 bits per heavy atom. The molecule has 0 atom stereocenters. The second-order valence-electron chi connectivity index (χ2n) is 4.00. The fraction of sp³-hybridized carbons (Fsp3) is 0.133. The van der Waals surface area contributed by atoms with Crippen LogP contribution in [0.1, 0.15) is 18.1 Å². The Balaban J connectivity index is 2.34. The van der Waals surface area contributed by atoms with E-state index in [0.717, 1.165) is 17.5 Å². The van der Waals surface area contributed by atoms with Crippen LogP contribution in [0.2, 0.25) is 0 Å². The number of aryl methyl sites for hydroxylation is 1. The maximum Gasteiger partial charge on any atom is 0.252 e. The predicted molar refractivity (Wildman–Crippen MR) is 70.7 cm³/mol. The number of hydrogen-bond donors (Lipinski definition) is 0. The highest BCUT2D eigenvalue weighted by molar-refractivity contribution is 5.76. The molecule has 3 heteroatoms. The summed E-state index contributed by atoms with van der Waals surface area (Å²) in [4.78, 5) is 0. The van der Waals surface area contributed by atoms with E-state index in [1.807, 2.05) is 25.1 Å². The third-order valence-corrected chi connectivity index (χ3v) is 2.72. The fourth-order valence-corrected chi connectivity index (χ4v) is 1.69. The number of benzene rings is 2. The molecule has 0 amide bonds. The average Bonchev–Trinajstić information content (AvgIpc) is 2.39. The van der Waals surface area contributed by atoms with Crippen molar-refractivity contribution in [3.05, 3.63) is 70.7 Å². The summed E-state index contributed by atoms with van der Waals surface area (Å²) in [6.07, 6.45) is 2.11. The van der Waals surface area contributed by atoms with E-state index in [4.69, 9.17) is 0 Å². The molecule has 0 aliphatic rings. The lowest BCUT2D eigenvalue weighted by Gasteiger charge is -2.05. The lowest BCUT2D eigenvalue weighted by Crippen LogP contribution is -2.01. The maximum absolute atomic E-state index is 13.7. The SMILES string of the molecule is CCc1ccc([N+]([O-])=Cc2ccccc2)c(F)c1. The summed E-state index contributed by atoms with van der Waals surface area (Å²) in [7, 11) is 0. The van der Waals surface area contributed by atoms with E-state index >= 15 is 0 Å². The Kier molecular flexibility index (Phi) is 3.72. The van der Waals surface area contributed by atoms with Crippen molar-refractivity contribution in [3.8, 4) is 0 Å². The van der Waals surface area contributed by atoms with Gasteiger partial charge in [-0.05, 0) is 30.2 Å². The Labute approximate surface area is 106 Å². The zero-order valence-electron chi connectivity index (χ0n) is 10.1. The van der Waals surface area contributed by atoms with Gasteiger partial charge in [-0.1, -0.05) is 31.2 Å². The van der Waals surface area contributed by atoms with E-state index in [9.17, 15) is 9.60 Å². The van der Waals surface area contributed by atoms with Gasteiger partial charge in [0, 0.05) is 11.6 Å². The van der Waals surface area contributed by atoms with E-state index in [0.29, 0.717) is 4.74 Å². The van der Waals surface area contributed by atoms with Crippen LogP contribution < -0.4 is 0 Å². The Morgan fingerprint density at radius 3 is 2.50 bits per heavy atom. The summed E-state index contributed by atoms with van der Waals surface area (Å²) in [5, 5.41) is 11.9. The smallest absolute Gasteiger partial charge is 0.252 e. The van der Waals surface area contributed by atoms with Gasteiger partial charge in [-0.2, -0.15) is 9.13 Å². The standard InChI is InChI=1S/C15H14FNO/c1-2-12-8-9-15(14(16)10-12)17(18)11-13-6-4-3-5-7-13/h3-11H,2H2,1H3. The maximum atomic E-state index is 13.7. The van der Waals surface area contributed by atoms with Gasteiger partial charge in [0.05, 0.1) is 0 Å². The van der Waals surface area contributed by atoms with Gasteiger partial charge in [-0.25, -0.2) is 0 Å². The normalized spacial score (nSPS) is 11.6. The van der Waals surface area contributed by atoms with Crippen molar-refractivity contribution in [2.45, 2.75) is 13.3 Å². The largest absolute Gasteiger partial charge is 0.618 e. The third-order valence-electron chi connectivity index (χ3n) is 2.72. The van der Waals surface area contributed by atoms with Gasteiger partial charge in [-0.3, -0.25) is 0 Å². The van der Waals surface area contributed by atoms with Crippen LogP contribution in [0, 0.1) is 11.0 Å². The van der Waals surface area contributed by atoms with E-state index in [2.05, 4.69) is 0 Å². The first-order valence-electron chi connectivity index (χ1n) is 5.85. The molecule has 2 aromatic rings. The number of nitrogens with zero attached hydrogens (tertiary/aromatic N) is 1. The molecule has 0 spiro atoms. The van der Waals surface area contributed by atoms with E-state index in [1.165, 1.54) is 18.3 Å². The number of hydrogen-bond acceptors (Lipinski definition) is 1. The molecule has 0 radical (unpaired) electrons. The lowest BCUT2D eigenvalue weighted by molar-refractivity contribution is -0.357. The van der Waals surface area contributed by atoms with Gasteiger partial charge in [-0.15, -0.1) is 0 Å². The first kappa shape index (κ1) is 12.3. The zero-order valence-corrected chi connectivity index (χ0v) is 10.1. The van der Waals surface area contributed by atoms with Crippen molar-refractivity contribution < 1.29 is 9.13 Å². The minimum absolute atomic E-state index is 0.0380. The lowest BCUT2D eigenvalue weighted by atomic mass is 10.1. The van der Waals surface area contributed by atoms with Crippen LogP contribution in [0.4, 0.5) is 10.1 Å². The Morgan fingerprint density at radius 1 is 1.17 bits per heavy atom. The van der Waals surface area contributed by atoms with Gasteiger partial charge in [0.25, 0.3) is 5.69 Å². The molecule has 0 fully saturated rings. The van der Waals surface area contributed by atoms with Gasteiger partial charge in [0.2, 0.25) is 0 Å². The topological polar surface area (TPSA) is 26.1 Å². The predicted octanol–water partition coefficient (Wildman–Crippen LogP) is 3.65. The summed E-state index contributed by atoms with van der Waals surface area (Å²) in [5.74, 6) is -0.489. The molecule has 0 saturated heterocycles. The molecule has 0 aliphatic heterocycles. The van der Waals surface area contributed by atoms with E-state index in [1.54, 1.807) is 18.2 Å². The second-order valence-corrected chi connectivity index (χ2v) is 4.00.